The maximum Gasteiger partial charge on any atom is 0.306 e. The molecule has 0 bridgehead atoms. The fourth-order valence-corrected chi connectivity index (χ4v) is 8.63. The highest BCUT2D eigenvalue weighted by Crippen LogP contribution is 2.38. The van der Waals surface area contributed by atoms with E-state index < -0.39 is 26.6 Å². The minimum Gasteiger partial charge on any atom is -0.756 e. The van der Waals surface area contributed by atoms with Crippen LogP contribution in [0.4, 0.5) is 0 Å². The second-order valence-corrected chi connectivity index (χ2v) is 21.5. The Morgan fingerprint density at radius 2 is 0.955 bits per heavy atom. The number of carbonyl (C=O) groups excluding carboxylic acids is 2. The maximum absolute atomic E-state index is 13.4. The molecule has 10 heteroatoms. The van der Waals surface area contributed by atoms with Crippen LogP contribution in [0.5, 0.6) is 0 Å². The largest absolute Gasteiger partial charge is 0.756 e. The molecule has 0 aliphatic carbocycles. The summed E-state index contributed by atoms with van der Waals surface area (Å²) in [5.41, 5.74) is 0. The van der Waals surface area contributed by atoms with Crippen molar-refractivity contribution in [2.45, 2.75) is 264 Å². The number of amides is 1. The first-order chi connectivity index (χ1) is 32.4. The van der Waals surface area contributed by atoms with Crippen LogP contribution in [-0.2, 0) is 27.9 Å². The maximum atomic E-state index is 13.4. The molecule has 0 heterocycles. The van der Waals surface area contributed by atoms with Gasteiger partial charge in [0.05, 0.1) is 33.8 Å². The number of hydrogen-bond acceptors (Lipinski definition) is 7. The van der Waals surface area contributed by atoms with Crippen LogP contribution in [0.25, 0.3) is 0 Å². The third-order valence-electron chi connectivity index (χ3n) is 12.2. The van der Waals surface area contributed by atoms with Crippen LogP contribution < -0.4 is 10.2 Å². The summed E-state index contributed by atoms with van der Waals surface area (Å²) in [6, 6.07) is -0.897. The molecule has 0 aromatic rings. The van der Waals surface area contributed by atoms with Crippen LogP contribution in [0.1, 0.15) is 252 Å². The minimum absolute atomic E-state index is 0.0264. The highest BCUT2D eigenvalue weighted by atomic mass is 31.2. The number of quaternary nitrogens is 1. The number of rotatable bonds is 50. The SMILES string of the molecule is CC/C=C/C/C=C/CCCCCCCCCC(=O)OC(/C=C/CCCCCCCCCCCCC)C(COP(=O)([O-])OCC[N+](C)(C)C)NC(=O)CCCCC/C=C\CCCCCCCCC. The van der Waals surface area contributed by atoms with Gasteiger partial charge >= 0.3 is 5.97 Å². The van der Waals surface area contributed by atoms with Gasteiger partial charge in [-0.05, 0) is 83.1 Å². The molecular formula is C57H107N2O7P. The highest BCUT2D eigenvalue weighted by molar-refractivity contribution is 7.45. The van der Waals surface area contributed by atoms with E-state index in [0.717, 1.165) is 89.9 Å². The number of esters is 1. The van der Waals surface area contributed by atoms with Crippen molar-refractivity contribution in [1.82, 2.24) is 5.32 Å². The molecule has 3 unspecified atom stereocenters. The summed E-state index contributed by atoms with van der Waals surface area (Å²) in [5, 5.41) is 3.01. The van der Waals surface area contributed by atoms with Gasteiger partial charge < -0.3 is 28.5 Å². The zero-order valence-electron chi connectivity index (χ0n) is 44.6. The van der Waals surface area contributed by atoms with Gasteiger partial charge in [-0.1, -0.05) is 205 Å². The van der Waals surface area contributed by atoms with Gasteiger partial charge in [0.25, 0.3) is 7.82 Å². The molecular weight excluding hydrogens is 856 g/mol. The number of likely N-dealkylation sites (N-methyl/N-ethyl adjacent to an activating group) is 1. The zero-order valence-corrected chi connectivity index (χ0v) is 45.5. The van der Waals surface area contributed by atoms with E-state index in [2.05, 4.69) is 62.5 Å². The van der Waals surface area contributed by atoms with Crippen LogP contribution in [0.2, 0.25) is 0 Å². The molecule has 0 rings (SSSR count). The smallest absolute Gasteiger partial charge is 0.306 e. The fraction of sp³-hybridized carbons (Fsp3) is 0.825. The van der Waals surface area contributed by atoms with Crippen molar-refractivity contribution in [1.29, 1.82) is 0 Å². The summed E-state index contributed by atoms with van der Waals surface area (Å²) in [5.74, 6) is -0.566. The summed E-state index contributed by atoms with van der Waals surface area (Å²) in [6.45, 7) is 6.72. The predicted molar refractivity (Wildman–Crippen MR) is 284 cm³/mol. The Kier molecular flexibility index (Phi) is 46.2. The van der Waals surface area contributed by atoms with E-state index in [1.54, 1.807) is 0 Å². The van der Waals surface area contributed by atoms with E-state index in [1.807, 2.05) is 33.3 Å². The zero-order chi connectivity index (χ0) is 49.4. The van der Waals surface area contributed by atoms with Crippen molar-refractivity contribution in [3.8, 4) is 0 Å². The molecule has 392 valence electrons. The lowest BCUT2D eigenvalue weighted by atomic mass is 10.0. The first-order valence-corrected chi connectivity index (χ1v) is 29.4. The molecule has 0 spiro atoms. The van der Waals surface area contributed by atoms with Crippen molar-refractivity contribution < 1.29 is 37.3 Å². The molecule has 0 aliphatic heterocycles. The van der Waals surface area contributed by atoms with Gasteiger partial charge in [0.2, 0.25) is 5.91 Å². The van der Waals surface area contributed by atoms with Crippen molar-refractivity contribution in [2.75, 3.05) is 40.9 Å². The summed E-state index contributed by atoms with van der Waals surface area (Å²) in [6.07, 6.45) is 56.4. The van der Waals surface area contributed by atoms with E-state index in [0.29, 0.717) is 23.9 Å². The Bertz CT molecular complexity index is 1290. The second-order valence-electron chi connectivity index (χ2n) is 20.1. The molecule has 9 nitrogen and oxygen atoms in total. The number of unbranched alkanes of at least 4 members (excludes halogenated alkanes) is 28. The third kappa shape index (κ3) is 48.8. The molecule has 1 N–H and O–H groups in total. The molecule has 0 saturated heterocycles. The van der Waals surface area contributed by atoms with Gasteiger partial charge in [0.15, 0.2) is 0 Å². The molecule has 3 atom stereocenters. The number of allylic oxidation sites excluding steroid dienone is 7. The number of nitrogens with one attached hydrogen (secondary N) is 1. The topological polar surface area (TPSA) is 114 Å². The number of hydrogen-bond donors (Lipinski definition) is 1. The Labute approximate surface area is 414 Å². The van der Waals surface area contributed by atoms with Crippen molar-refractivity contribution in [3.63, 3.8) is 0 Å². The van der Waals surface area contributed by atoms with Crippen LogP contribution in [0, 0.1) is 0 Å². The molecule has 0 saturated carbocycles. The lowest BCUT2D eigenvalue weighted by molar-refractivity contribution is -0.870. The Balaban J connectivity index is 5.43. The van der Waals surface area contributed by atoms with Crippen LogP contribution >= 0.6 is 7.82 Å². The van der Waals surface area contributed by atoms with Gasteiger partial charge in [-0.15, -0.1) is 0 Å². The molecule has 0 radical (unpaired) electrons. The molecule has 0 aliphatic rings. The Hall–Kier alpha value is -2.03. The first-order valence-electron chi connectivity index (χ1n) is 27.9. The second kappa shape index (κ2) is 47.6. The van der Waals surface area contributed by atoms with E-state index >= 15 is 0 Å². The van der Waals surface area contributed by atoms with Gasteiger partial charge in [-0.25, -0.2) is 0 Å². The normalized spacial score (nSPS) is 14.2. The van der Waals surface area contributed by atoms with Gasteiger partial charge in [-0.2, -0.15) is 0 Å². The molecule has 0 aromatic heterocycles. The predicted octanol–water partition coefficient (Wildman–Crippen LogP) is 15.9. The highest BCUT2D eigenvalue weighted by Gasteiger charge is 2.27. The lowest BCUT2D eigenvalue weighted by Crippen LogP contribution is -2.47. The van der Waals surface area contributed by atoms with Gasteiger partial charge in [0.1, 0.15) is 19.3 Å². The van der Waals surface area contributed by atoms with E-state index in [1.165, 1.54) is 122 Å². The number of ether oxygens (including phenoxy) is 1. The Morgan fingerprint density at radius 1 is 0.537 bits per heavy atom. The van der Waals surface area contributed by atoms with Crippen LogP contribution in [0.3, 0.4) is 0 Å². The van der Waals surface area contributed by atoms with Gasteiger partial charge in [-0.3, -0.25) is 14.2 Å². The van der Waals surface area contributed by atoms with Crippen LogP contribution in [0.15, 0.2) is 48.6 Å². The average molecular weight is 963 g/mol. The van der Waals surface area contributed by atoms with E-state index in [9.17, 15) is 19.0 Å². The monoisotopic (exact) mass is 963 g/mol. The van der Waals surface area contributed by atoms with Crippen molar-refractivity contribution in [2.24, 2.45) is 0 Å². The molecule has 0 fully saturated rings. The number of nitrogens with zero attached hydrogens (tertiary/aromatic N) is 1. The third-order valence-corrected chi connectivity index (χ3v) is 13.2. The average Bonchev–Trinajstić information content (AvgIpc) is 3.28. The minimum atomic E-state index is -4.70. The van der Waals surface area contributed by atoms with E-state index in [4.69, 9.17) is 13.8 Å². The molecule has 67 heavy (non-hydrogen) atoms. The summed E-state index contributed by atoms with van der Waals surface area (Å²) in [4.78, 5) is 39.8. The van der Waals surface area contributed by atoms with E-state index in [-0.39, 0.29) is 24.9 Å². The fourth-order valence-electron chi connectivity index (χ4n) is 7.91. The summed E-state index contributed by atoms with van der Waals surface area (Å²) < 4.78 is 30.2. The number of phosphoric ester groups is 1. The van der Waals surface area contributed by atoms with Crippen molar-refractivity contribution >= 4 is 19.7 Å². The lowest BCUT2D eigenvalue weighted by Gasteiger charge is -2.30. The first kappa shape index (κ1) is 65.0. The number of phosphoric acid groups is 1. The van der Waals surface area contributed by atoms with Crippen LogP contribution in [-0.4, -0.2) is 69.4 Å². The van der Waals surface area contributed by atoms with Gasteiger partial charge in [0, 0.05) is 12.8 Å². The quantitative estimate of drug-likeness (QED) is 0.0212. The Morgan fingerprint density at radius 3 is 1.45 bits per heavy atom. The summed E-state index contributed by atoms with van der Waals surface area (Å²) in [7, 11) is 1.17. The number of carbonyl (C=O) groups is 2. The van der Waals surface area contributed by atoms with Crippen molar-refractivity contribution in [3.05, 3.63) is 48.6 Å². The summed E-state index contributed by atoms with van der Waals surface area (Å²) >= 11 is 0. The molecule has 1 amide bonds. The standard InChI is InChI=1S/C57H107N2O7P/c1-7-10-13-16-19-22-25-28-31-34-37-40-43-46-49-56(60)58-54(53-65-67(62,63)64-52-51-59(4,5)6)55(48-45-42-39-36-33-30-27-24-21-18-15-12-9-3)66-57(61)50-47-44-41-38-35-32-29-26-23-20-17-14-11-8-2/h11,14,20,23,31,34,45,48,54-55H,7-10,12-13,15-19,21-22,24-30,32-33,35-44,46-47,49-53H2,1-6H3,(H-,58,60,62,63)/b14-11+,23-20+,34-31-,48-45+. The molecule has 0 aromatic carbocycles.